The number of carboxylic acid groups (broad SMARTS) is 1. The van der Waals surface area contributed by atoms with Crippen molar-refractivity contribution in [1.29, 1.82) is 0 Å². The van der Waals surface area contributed by atoms with Crippen LogP contribution in [-0.4, -0.2) is 35.0 Å². The van der Waals surface area contributed by atoms with Crippen molar-refractivity contribution in [1.82, 2.24) is 0 Å². The molecular weight excluding hydrogens is 495 g/mol. The first-order valence-electron chi connectivity index (χ1n) is 13.6. The Morgan fingerprint density at radius 2 is 1.54 bits per heavy atom. The SMILES string of the molecule is O=C(O)CCC/C=C\C[C@@H]1[C@@H](COCc2ccc(F)cc2)[C@H](O)C[C@@H]1OCc1ccc(-c2ccccc2)cc1. The lowest BCUT2D eigenvalue weighted by atomic mass is 9.91. The summed E-state index contributed by atoms with van der Waals surface area (Å²) in [6.45, 7) is 1.18. The summed E-state index contributed by atoms with van der Waals surface area (Å²) in [4.78, 5) is 10.8. The molecule has 3 aromatic carbocycles. The molecule has 5 nitrogen and oxygen atoms in total. The number of ether oxygens (including phenoxy) is 2. The third kappa shape index (κ3) is 8.85. The van der Waals surface area contributed by atoms with Gasteiger partial charge in [0.05, 0.1) is 32.0 Å². The average Bonchev–Trinajstić information content (AvgIpc) is 3.25. The van der Waals surface area contributed by atoms with Crippen molar-refractivity contribution in [3.8, 4) is 11.1 Å². The van der Waals surface area contributed by atoms with E-state index in [0.717, 1.165) is 16.7 Å². The fraction of sp³-hybridized carbons (Fsp3) is 0.364. The van der Waals surface area contributed by atoms with Gasteiger partial charge < -0.3 is 19.7 Å². The van der Waals surface area contributed by atoms with Crippen LogP contribution in [0.4, 0.5) is 4.39 Å². The van der Waals surface area contributed by atoms with Gasteiger partial charge in [-0.1, -0.05) is 78.9 Å². The zero-order valence-electron chi connectivity index (χ0n) is 22.1. The van der Waals surface area contributed by atoms with E-state index in [-0.39, 0.29) is 30.2 Å². The number of benzene rings is 3. The van der Waals surface area contributed by atoms with Crippen LogP contribution >= 0.6 is 0 Å². The Bertz CT molecular complexity index is 1180. The van der Waals surface area contributed by atoms with Crippen molar-refractivity contribution < 1.29 is 28.9 Å². The van der Waals surface area contributed by atoms with Crippen molar-refractivity contribution in [2.24, 2.45) is 11.8 Å². The molecule has 1 aliphatic rings. The lowest BCUT2D eigenvalue weighted by Gasteiger charge is -2.25. The fourth-order valence-corrected chi connectivity index (χ4v) is 5.16. The predicted octanol–water partition coefficient (Wildman–Crippen LogP) is 6.79. The molecule has 0 aliphatic heterocycles. The van der Waals surface area contributed by atoms with Crippen molar-refractivity contribution >= 4 is 5.97 Å². The second-order valence-corrected chi connectivity index (χ2v) is 10.2. The van der Waals surface area contributed by atoms with Crippen molar-refractivity contribution in [3.05, 3.63) is 108 Å². The molecule has 0 heterocycles. The number of rotatable bonds is 14. The van der Waals surface area contributed by atoms with E-state index in [1.54, 1.807) is 12.1 Å². The van der Waals surface area contributed by atoms with E-state index in [2.05, 4.69) is 42.5 Å². The molecule has 206 valence electrons. The number of aliphatic hydroxyl groups is 1. The zero-order chi connectivity index (χ0) is 27.5. The molecule has 1 aliphatic carbocycles. The Hall–Kier alpha value is -3.32. The first-order valence-corrected chi connectivity index (χ1v) is 13.6. The maximum Gasteiger partial charge on any atom is 0.303 e. The number of hydrogen-bond acceptors (Lipinski definition) is 4. The second kappa shape index (κ2) is 14.7. The smallest absolute Gasteiger partial charge is 0.303 e. The number of allylic oxidation sites excluding steroid dienone is 2. The van der Waals surface area contributed by atoms with E-state index in [1.807, 2.05) is 24.3 Å². The summed E-state index contributed by atoms with van der Waals surface area (Å²) in [6.07, 6.45) is 6.12. The number of hydrogen-bond donors (Lipinski definition) is 2. The molecule has 3 aromatic rings. The van der Waals surface area contributed by atoms with Gasteiger partial charge in [0, 0.05) is 18.8 Å². The molecule has 2 N–H and O–H groups in total. The molecule has 0 amide bonds. The number of carboxylic acids is 1. The predicted molar refractivity (Wildman–Crippen MR) is 149 cm³/mol. The number of carbonyl (C=O) groups is 1. The van der Waals surface area contributed by atoms with Crippen molar-refractivity contribution in [3.63, 3.8) is 0 Å². The monoisotopic (exact) mass is 532 g/mol. The van der Waals surface area contributed by atoms with Gasteiger partial charge in [-0.3, -0.25) is 4.79 Å². The zero-order valence-corrected chi connectivity index (χ0v) is 22.1. The first-order chi connectivity index (χ1) is 19.0. The topological polar surface area (TPSA) is 76.0 Å². The number of halogens is 1. The van der Waals surface area contributed by atoms with Crippen LogP contribution in [-0.2, 0) is 27.5 Å². The van der Waals surface area contributed by atoms with Gasteiger partial charge in [-0.15, -0.1) is 0 Å². The third-order valence-electron chi connectivity index (χ3n) is 7.35. The summed E-state index contributed by atoms with van der Waals surface area (Å²) < 4.78 is 25.5. The molecule has 0 unspecified atom stereocenters. The van der Waals surface area contributed by atoms with Gasteiger partial charge >= 0.3 is 5.97 Å². The van der Waals surface area contributed by atoms with Crippen LogP contribution < -0.4 is 0 Å². The van der Waals surface area contributed by atoms with E-state index < -0.39 is 12.1 Å². The molecule has 0 saturated heterocycles. The van der Waals surface area contributed by atoms with E-state index in [4.69, 9.17) is 14.6 Å². The van der Waals surface area contributed by atoms with Gasteiger partial charge in [0.25, 0.3) is 0 Å². The van der Waals surface area contributed by atoms with E-state index in [1.165, 1.54) is 17.7 Å². The van der Waals surface area contributed by atoms with Gasteiger partial charge in [-0.05, 0) is 59.6 Å². The van der Waals surface area contributed by atoms with E-state index in [0.29, 0.717) is 45.5 Å². The largest absolute Gasteiger partial charge is 0.481 e. The normalized spacial score (nSPS) is 21.0. The van der Waals surface area contributed by atoms with Gasteiger partial charge in [-0.25, -0.2) is 4.39 Å². The molecule has 4 rings (SSSR count). The Labute approximate surface area is 229 Å². The van der Waals surface area contributed by atoms with Crippen LogP contribution in [0.1, 0.15) is 43.2 Å². The molecule has 0 aromatic heterocycles. The molecule has 0 spiro atoms. The van der Waals surface area contributed by atoms with E-state index in [9.17, 15) is 14.3 Å². The van der Waals surface area contributed by atoms with Crippen LogP contribution in [0.15, 0.2) is 91.0 Å². The minimum Gasteiger partial charge on any atom is -0.481 e. The average molecular weight is 533 g/mol. The van der Waals surface area contributed by atoms with Crippen LogP contribution in [0.25, 0.3) is 11.1 Å². The molecule has 4 atom stereocenters. The van der Waals surface area contributed by atoms with Crippen molar-refractivity contribution in [2.45, 2.75) is 57.5 Å². The van der Waals surface area contributed by atoms with E-state index >= 15 is 0 Å². The van der Waals surface area contributed by atoms with Crippen LogP contribution in [0.3, 0.4) is 0 Å². The molecule has 0 radical (unpaired) electrons. The summed E-state index contributed by atoms with van der Waals surface area (Å²) in [5, 5.41) is 19.8. The molecule has 6 heteroatoms. The highest BCUT2D eigenvalue weighted by atomic mass is 19.1. The highest BCUT2D eigenvalue weighted by Gasteiger charge is 2.42. The molecule has 1 fully saturated rings. The van der Waals surface area contributed by atoms with Gasteiger partial charge in [-0.2, -0.15) is 0 Å². The van der Waals surface area contributed by atoms with Crippen molar-refractivity contribution in [2.75, 3.05) is 6.61 Å². The highest BCUT2D eigenvalue weighted by Crippen LogP contribution is 2.38. The Morgan fingerprint density at radius 3 is 2.26 bits per heavy atom. The molecule has 1 saturated carbocycles. The van der Waals surface area contributed by atoms with Gasteiger partial charge in [0.1, 0.15) is 5.82 Å². The number of unbranched alkanes of at least 4 members (excludes halogenated alkanes) is 1. The summed E-state index contributed by atoms with van der Waals surface area (Å²) >= 11 is 0. The van der Waals surface area contributed by atoms with Gasteiger partial charge in [0.2, 0.25) is 0 Å². The summed E-state index contributed by atoms with van der Waals surface area (Å²) in [6, 6.07) is 24.8. The second-order valence-electron chi connectivity index (χ2n) is 10.2. The maximum absolute atomic E-state index is 13.2. The Balaban J connectivity index is 1.35. The molecular formula is C33H37FO5. The first kappa shape index (κ1) is 28.7. The minimum absolute atomic E-state index is 0.0625. The lowest BCUT2D eigenvalue weighted by molar-refractivity contribution is -0.137. The third-order valence-corrected chi connectivity index (χ3v) is 7.35. The highest BCUT2D eigenvalue weighted by molar-refractivity contribution is 5.66. The molecule has 0 bridgehead atoms. The quantitative estimate of drug-likeness (QED) is 0.177. The number of aliphatic hydroxyl groups excluding tert-OH is 1. The van der Waals surface area contributed by atoms with Crippen LogP contribution in [0, 0.1) is 17.7 Å². The Kier molecular flexibility index (Phi) is 10.8. The molecule has 39 heavy (non-hydrogen) atoms. The van der Waals surface area contributed by atoms with Crippen LogP contribution in [0.2, 0.25) is 0 Å². The summed E-state index contributed by atoms with van der Waals surface area (Å²) in [5.41, 5.74) is 4.27. The Morgan fingerprint density at radius 1 is 0.872 bits per heavy atom. The number of aliphatic carboxylic acids is 1. The summed E-state index contributed by atoms with van der Waals surface area (Å²) in [5.74, 6) is -1.10. The van der Waals surface area contributed by atoms with Crippen LogP contribution in [0.5, 0.6) is 0 Å². The van der Waals surface area contributed by atoms with Gasteiger partial charge in [0.15, 0.2) is 0 Å². The summed E-state index contributed by atoms with van der Waals surface area (Å²) in [7, 11) is 0. The maximum atomic E-state index is 13.2. The fourth-order valence-electron chi connectivity index (χ4n) is 5.16. The standard InChI is InChI=1S/C33H37FO5/c34-28-18-14-24(15-19-28)21-38-23-30-29(10-6-1-2-7-11-33(36)37)32(20-31(30)35)39-22-25-12-16-27(17-13-25)26-8-4-3-5-9-26/h1,3-6,8-9,12-19,29-32,35H,2,7,10-11,20-23H2,(H,36,37)/b6-1-/t29-,30-,31-,32+/m1/s1. The minimum atomic E-state index is -0.786. The lowest BCUT2D eigenvalue weighted by Crippen LogP contribution is -2.27.